The molecule has 17 heavy (non-hydrogen) atoms. The van der Waals surface area contributed by atoms with Gasteiger partial charge in [0, 0.05) is 6.20 Å². The molecule has 92 valence electrons. The number of alkyl halides is 4. The van der Waals surface area contributed by atoms with Gasteiger partial charge < -0.3 is 10.5 Å². The highest BCUT2D eigenvalue weighted by Crippen LogP contribution is 2.26. The van der Waals surface area contributed by atoms with Crippen LogP contribution in [0.15, 0.2) is 12.3 Å². The molecule has 0 atom stereocenters. The lowest BCUT2D eigenvalue weighted by Gasteiger charge is -2.16. The summed E-state index contributed by atoms with van der Waals surface area (Å²) >= 11 is 0. The molecule has 0 unspecified atom stereocenters. The molecule has 0 saturated heterocycles. The fraction of sp³-hybridized carbons (Fsp3) is 0.333. The molecule has 1 rings (SSSR count). The highest BCUT2D eigenvalue weighted by atomic mass is 19.3. The summed E-state index contributed by atoms with van der Waals surface area (Å²) in [6.45, 7) is -1.56. The second-order valence-corrected chi connectivity index (χ2v) is 3.04. The molecular weight excluding hydrogens is 242 g/mol. The topological polar surface area (TPSA) is 71.9 Å². The quantitative estimate of drug-likeness (QED) is 0.826. The monoisotopic (exact) mass is 249 g/mol. The number of nitriles is 1. The molecule has 0 amide bonds. The van der Waals surface area contributed by atoms with E-state index in [2.05, 4.69) is 9.72 Å². The van der Waals surface area contributed by atoms with Crippen LogP contribution in [0.2, 0.25) is 0 Å². The zero-order valence-corrected chi connectivity index (χ0v) is 8.33. The maximum absolute atomic E-state index is 12.5. The zero-order valence-electron chi connectivity index (χ0n) is 8.33. The lowest BCUT2D eigenvalue weighted by Crippen LogP contribution is -2.34. The average molecular weight is 249 g/mol. The SMILES string of the molecule is N#Cc1ccnc(OCC(F)(F)C(F)F)c1N. The average Bonchev–Trinajstić information content (AvgIpc) is 2.27. The van der Waals surface area contributed by atoms with Crippen molar-refractivity contribution in [3.05, 3.63) is 17.8 Å². The molecule has 0 saturated carbocycles. The predicted molar refractivity (Wildman–Crippen MR) is 49.8 cm³/mol. The van der Waals surface area contributed by atoms with Crippen LogP contribution in [-0.2, 0) is 0 Å². The number of rotatable bonds is 4. The molecule has 4 nitrogen and oxygen atoms in total. The molecule has 0 aromatic carbocycles. The third-order valence-corrected chi connectivity index (χ3v) is 1.79. The second-order valence-electron chi connectivity index (χ2n) is 3.04. The number of hydrogen-bond donors (Lipinski definition) is 1. The lowest BCUT2D eigenvalue weighted by atomic mass is 10.2. The standard InChI is InChI=1S/C9H7F4N3O/c10-8(11)9(12,13)4-17-7-6(15)5(3-14)1-2-16-7/h1-2,8H,4,15H2. The van der Waals surface area contributed by atoms with Crippen molar-refractivity contribution in [1.29, 1.82) is 5.26 Å². The van der Waals surface area contributed by atoms with Crippen molar-refractivity contribution >= 4 is 5.69 Å². The van der Waals surface area contributed by atoms with Gasteiger partial charge in [-0.2, -0.15) is 14.0 Å². The van der Waals surface area contributed by atoms with Crippen LogP contribution in [-0.4, -0.2) is 23.9 Å². The third kappa shape index (κ3) is 2.96. The van der Waals surface area contributed by atoms with Gasteiger partial charge in [-0.3, -0.25) is 0 Å². The van der Waals surface area contributed by atoms with Crippen molar-refractivity contribution in [2.75, 3.05) is 12.3 Å². The van der Waals surface area contributed by atoms with Crippen molar-refractivity contribution in [3.63, 3.8) is 0 Å². The van der Waals surface area contributed by atoms with Gasteiger partial charge in [0.2, 0.25) is 5.88 Å². The van der Waals surface area contributed by atoms with E-state index in [1.807, 2.05) is 0 Å². The maximum atomic E-state index is 12.5. The van der Waals surface area contributed by atoms with Gasteiger partial charge in [0.15, 0.2) is 6.61 Å². The largest absolute Gasteiger partial charge is 0.470 e. The van der Waals surface area contributed by atoms with Gasteiger partial charge in [-0.15, -0.1) is 0 Å². The van der Waals surface area contributed by atoms with Gasteiger partial charge >= 0.3 is 12.3 Å². The number of anilines is 1. The smallest absolute Gasteiger partial charge is 0.340 e. The van der Waals surface area contributed by atoms with E-state index < -0.39 is 24.8 Å². The van der Waals surface area contributed by atoms with Gasteiger partial charge in [-0.05, 0) is 6.07 Å². The van der Waals surface area contributed by atoms with Gasteiger partial charge in [0.25, 0.3) is 0 Å². The Balaban J connectivity index is 2.81. The van der Waals surface area contributed by atoms with Crippen LogP contribution in [0.5, 0.6) is 5.88 Å². The van der Waals surface area contributed by atoms with Crippen molar-refractivity contribution in [1.82, 2.24) is 4.98 Å². The fourth-order valence-electron chi connectivity index (χ4n) is 0.894. The Hall–Kier alpha value is -2.04. The van der Waals surface area contributed by atoms with E-state index in [4.69, 9.17) is 11.0 Å². The minimum Gasteiger partial charge on any atom is -0.470 e. The molecule has 0 aliphatic rings. The zero-order chi connectivity index (χ0) is 13.1. The first-order valence-electron chi connectivity index (χ1n) is 4.32. The summed E-state index contributed by atoms with van der Waals surface area (Å²) in [5.41, 5.74) is 5.06. The number of nitrogen functional groups attached to an aromatic ring is 1. The number of ether oxygens (including phenoxy) is 1. The summed E-state index contributed by atoms with van der Waals surface area (Å²) < 4.78 is 53.1. The molecule has 0 aliphatic heterocycles. The van der Waals surface area contributed by atoms with E-state index in [1.165, 1.54) is 6.07 Å². The summed E-state index contributed by atoms with van der Waals surface area (Å²) in [6.07, 6.45) is -2.74. The summed E-state index contributed by atoms with van der Waals surface area (Å²) in [6, 6.07) is 2.92. The van der Waals surface area contributed by atoms with Crippen molar-refractivity contribution in [2.24, 2.45) is 0 Å². The minimum atomic E-state index is -4.29. The fourth-order valence-corrected chi connectivity index (χ4v) is 0.894. The Morgan fingerprint density at radius 1 is 1.53 bits per heavy atom. The van der Waals surface area contributed by atoms with Crippen LogP contribution in [0.3, 0.4) is 0 Å². The number of hydrogen-bond acceptors (Lipinski definition) is 4. The maximum Gasteiger partial charge on any atom is 0.340 e. The first kappa shape index (κ1) is 13.0. The molecule has 0 radical (unpaired) electrons. The van der Waals surface area contributed by atoms with Crippen molar-refractivity contribution in [2.45, 2.75) is 12.3 Å². The number of halogens is 4. The molecule has 2 N–H and O–H groups in total. The number of nitrogens with two attached hydrogens (primary N) is 1. The van der Waals surface area contributed by atoms with Crippen LogP contribution in [0.4, 0.5) is 23.2 Å². The van der Waals surface area contributed by atoms with Crippen LogP contribution < -0.4 is 10.5 Å². The summed E-state index contributed by atoms with van der Waals surface area (Å²) in [4.78, 5) is 3.47. The Morgan fingerprint density at radius 2 is 2.18 bits per heavy atom. The molecule has 1 aromatic rings. The highest BCUT2D eigenvalue weighted by Gasteiger charge is 2.42. The Bertz CT molecular complexity index is 444. The number of aromatic nitrogens is 1. The van der Waals surface area contributed by atoms with Gasteiger partial charge in [0.05, 0.1) is 5.56 Å². The molecule has 0 bridgehead atoms. The van der Waals surface area contributed by atoms with E-state index in [1.54, 1.807) is 6.07 Å². The molecule has 1 aromatic heterocycles. The van der Waals surface area contributed by atoms with Crippen LogP contribution in [0.1, 0.15) is 5.56 Å². The van der Waals surface area contributed by atoms with Crippen LogP contribution in [0.25, 0.3) is 0 Å². The van der Waals surface area contributed by atoms with E-state index in [-0.39, 0.29) is 11.3 Å². The molecule has 1 heterocycles. The molecular formula is C9H7F4N3O. The molecule has 0 spiro atoms. The lowest BCUT2D eigenvalue weighted by molar-refractivity contribution is -0.148. The molecule has 8 heteroatoms. The van der Waals surface area contributed by atoms with Gasteiger partial charge in [0.1, 0.15) is 11.8 Å². The predicted octanol–water partition coefficient (Wildman–Crippen LogP) is 1.81. The third-order valence-electron chi connectivity index (χ3n) is 1.79. The van der Waals surface area contributed by atoms with E-state index in [0.29, 0.717) is 0 Å². The normalized spacial score (nSPS) is 11.3. The van der Waals surface area contributed by atoms with Crippen LogP contribution in [0, 0.1) is 11.3 Å². The molecule has 0 fully saturated rings. The van der Waals surface area contributed by atoms with E-state index in [9.17, 15) is 17.6 Å². The number of pyridine rings is 1. The van der Waals surface area contributed by atoms with E-state index >= 15 is 0 Å². The van der Waals surface area contributed by atoms with Crippen molar-refractivity contribution < 1.29 is 22.3 Å². The summed E-state index contributed by atoms with van der Waals surface area (Å²) in [5.74, 6) is -4.76. The Labute approximate surface area is 93.6 Å². The Morgan fingerprint density at radius 3 is 2.71 bits per heavy atom. The minimum absolute atomic E-state index is 0.0321. The first-order chi connectivity index (χ1) is 7.88. The van der Waals surface area contributed by atoms with Crippen molar-refractivity contribution in [3.8, 4) is 11.9 Å². The van der Waals surface area contributed by atoms with Crippen LogP contribution >= 0.6 is 0 Å². The van der Waals surface area contributed by atoms with E-state index in [0.717, 1.165) is 6.20 Å². The summed E-state index contributed by atoms with van der Waals surface area (Å²) in [7, 11) is 0. The summed E-state index contributed by atoms with van der Waals surface area (Å²) in [5, 5.41) is 8.58. The molecule has 0 aliphatic carbocycles. The first-order valence-corrected chi connectivity index (χ1v) is 4.32. The van der Waals surface area contributed by atoms with Gasteiger partial charge in [-0.25, -0.2) is 13.8 Å². The van der Waals surface area contributed by atoms with Gasteiger partial charge in [-0.1, -0.05) is 0 Å². The number of nitrogens with zero attached hydrogens (tertiary/aromatic N) is 2. The second kappa shape index (κ2) is 4.86. The highest BCUT2D eigenvalue weighted by molar-refractivity contribution is 5.59. The Kier molecular flexibility index (Phi) is 3.73.